The van der Waals surface area contributed by atoms with E-state index in [1.807, 2.05) is 38.8 Å². The Hall–Kier alpha value is -0.260. The van der Waals surface area contributed by atoms with Crippen LogP contribution in [-0.4, -0.2) is 0 Å². The lowest BCUT2D eigenvalue weighted by Crippen LogP contribution is -2.44. The molecular weight excluding hydrogens is 396 g/mol. The van der Waals surface area contributed by atoms with Gasteiger partial charge in [0.15, 0.2) is 0 Å². The third kappa shape index (κ3) is 6.12. The molecule has 4 aliphatic rings. The maximum atomic E-state index is 2.72. The molecule has 0 aromatic heterocycles. The third-order valence-corrected chi connectivity index (χ3v) is 10.5. The third-order valence-electron chi connectivity index (χ3n) is 10.5. The molecule has 2 saturated carbocycles. The first kappa shape index (κ1) is 30.8. The molecule has 0 radical (unpaired) electrons. The quantitative estimate of drug-likeness (QED) is 0.358. The zero-order valence-corrected chi connectivity index (χ0v) is 23.9. The molecule has 7 atom stereocenters. The molecule has 0 heterocycles. The second-order valence-electron chi connectivity index (χ2n) is 12.6. The van der Waals surface area contributed by atoms with Gasteiger partial charge in [0.1, 0.15) is 0 Å². The molecule has 0 aromatic rings. The molecule has 4 aliphatic carbocycles. The Labute approximate surface area is 211 Å². The van der Waals surface area contributed by atoms with Crippen molar-refractivity contribution in [3.05, 3.63) is 11.1 Å². The highest BCUT2D eigenvalue weighted by Gasteiger charge is 2.55. The molecule has 0 spiro atoms. The molecule has 4 rings (SSSR count). The highest BCUT2D eigenvalue weighted by atomic mass is 14.6. The first-order valence-corrected chi connectivity index (χ1v) is 15.0. The van der Waals surface area contributed by atoms with Gasteiger partial charge in [0.2, 0.25) is 0 Å². The van der Waals surface area contributed by atoms with Crippen LogP contribution in [0.25, 0.3) is 0 Å². The summed E-state index contributed by atoms with van der Waals surface area (Å²) in [7, 11) is 0. The minimum absolute atomic E-state index is 0. The summed E-state index contributed by atoms with van der Waals surface area (Å²) >= 11 is 0. The predicted octanol–water partition coefficient (Wildman–Crippen LogP) is 11.5. The Balaban J connectivity index is 0.00000103. The van der Waals surface area contributed by atoms with E-state index >= 15 is 0 Å². The second kappa shape index (κ2) is 13.2. The minimum atomic E-state index is 0. The molecule has 0 amide bonds. The Bertz CT molecular complexity index is 597. The molecule has 196 valence electrons. The van der Waals surface area contributed by atoms with Gasteiger partial charge in [-0.3, -0.25) is 0 Å². The first-order chi connectivity index (χ1) is 15.3. The molecule has 0 aliphatic heterocycles. The van der Waals surface area contributed by atoms with Crippen LogP contribution in [-0.2, 0) is 0 Å². The molecule has 0 nitrogen and oxygen atoms in total. The number of hydrogen-bond donors (Lipinski definition) is 0. The van der Waals surface area contributed by atoms with E-state index < -0.39 is 0 Å². The molecule has 0 aromatic carbocycles. The lowest BCUT2D eigenvalue weighted by molar-refractivity contribution is 0.0549. The molecule has 33 heavy (non-hydrogen) atoms. The van der Waals surface area contributed by atoms with Crippen LogP contribution in [0.3, 0.4) is 0 Å². The van der Waals surface area contributed by atoms with Gasteiger partial charge in [-0.15, -0.1) is 0 Å². The van der Waals surface area contributed by atoms with Gasteiger partial charge in [0, 0.05) is 0 Å². The average molecular weight is 461 g/mol. The van der Waals surface area contributed by atoms with Crippen molar-refractivity contribution in [2.24, 2.45) is 46.3 Å². The van der Waals surface area contributed by atoms with Gasteiger partial charge in [0.05, 0.1) is 0 Å². The summed E-state index contributed by atoms with van der Waals surface area (Å²) in [4.78, 5) is 0. The summed E-state index contributed by atoms with van der Waals surface area (Å²) in [5.41, 5.74) is 5.18. The van der Waals surface area contributed by atoms with E-state index in [1.165, 1.54) is 77.0 Å². The van der Waals surface area contributed by atoms with Crippen molar-refractivity contribution >= 4 is 0 Å². The van der Waals surface area contributed by atoms with E-state index in [9.17, 15) is 0 Å². The molecule has 7 unspecified atom stereocenters. The minimum Gasteiger partial charge on any atom is -0.0776 e. The van der Waals surface area contributed by atoms with E-state index in [4.69, 9.17) is 0 Å². The molecule has 2 fully saturated rings. The van der Waals surface area contributed by atoms with Crippen LogP contribution in [0.5, 0.6) is 0 Å². The summed E-state index contributed by atoms with van der Waals surface area (Å²) < 4.78 is 0. The number of fused-ring (bicyclic) bond motifs is 4. The average Bonchev–Trinajstić information content (AvgIpc) is 3.14. The topological polar surface area (TPSA) is 0 Å². The standard InChI is InChI=1S/C28H48.2C2H6.CH4/c1-19(2)8-7-9-21(4)24-12-13-25-23-11-10-22-18-20(3)14-16-27(22,5)26(23)15-17-28(24,25)6;2*1-2;/h19-22,24-25H,7-18H2,1-6H3;2*1-2H3;1H4. The predicted molar refractivity (Wildman–Crippen MR) is 152 cm³/mol. The summed E-state index contributed by atoms with van der Waals surface area (Å²) in [6, 6.07) is 0. The van der Waals surface area contributed by atoms with Crippen LogP contribution in [0.15, 0.2) is 11.1 Å². The maximum Gasteiger partial charge on any atom is -0.00850 e. The van der Waals surface area contributed by atoms with Crippen LogP contribution >= 0.6 is 0 Å². The van der Waals surface area contributed by atoms with Crippen LogP contribution < -0.4 is 0 Å². The smallest absolute Gasteiger partial charge is 0.00850 e. The van der Waals surface area contributed by atoms with Gasteiger partial charge in [-0.1, -0.05) is 107 Å². The largest absolute Gasteiger partial charge is 0.0776 e. The molecule has 0 heteroatoms. The van der Waals surface area contributed by atoms with Crippen LogP contribution in [0.1, 0.15) is 154 Å². The van der Waals surface area contributed by atoms with Crippen LogP contribution in [0.2, 0.25) is 0 Å². The van der Waals surface area contributed by atoms with Crippen LogP contribution in [0, 0.1) is 46.3 Å². The van der Waals surface area contributed by atoms with Crippen molar-refractivity contribution in [2.75, 3.05) is 0 Å². The van der Waals surface area contributed by atoms with Crippen molar-refractivity contribution in [1.82, 2.24) is 0 Å². The highest BCUT2D eigenvalue weighted by molar-refractivity contribution is 5.34. The molecule has 0 bridgehead atoms. The van der Waals surface area contributed by atoms with Crippen molar-refractivity contribution < 1.29 is 0 Å². The summed E-state index contributed by atoms with van der Waals surface area (Å²) in [6.07, 6.45) is 17.7. The maximum absolute atomic E-state index is 2.72. The fourth-order valence-corrected chi connectivity index (χ4v) is 8.70. The van der Waals surface area contributed by atoms with Crippen molar-refractivity contribution in [1.29, 1.82) is 0 Å². The van der Waals surface area contributed by atoms with E-state index in [1.54, 1.807) is 0 Å². The normalized spacial score (nSPS) is 37.9. The SMILES string of the molecule is C.CC.CC.CC(C)CCCC(C)C1CCC2C3=C(CCC21C)C1(C)CCC(C)CC1CC3. The Kier molecular flexibility index (Phi) is 12.3. The monoisotopic (exact) mass is 461 g/mol. The second-order valence-corrected chi connectivity index (χ2v) is 12.6. The Morgan fingerprint density at radius 1 is 0.848 bits per heavy atom. The van der Waals surface area contributed by atoms with Crippen LogP contribution in [0.4, 0.5) is 0 Å². The van der Waals surface area contributed by atoms with E-state index in [-0.39, 0.29) is 7.43 Å². The van der Waals surface area contributed by atoms with Gasteiger partial charge in [-0.2, -0.15) is 0 Å². The number of rotatable bonds is 5. The number of allylic oxidation sites excluding steroid dienone is 2. The summed E-state index contributed by atoms with van der Waals surface area (Å²) in [6.45, 7) is 23.3. The lowest BCUT2D eigenvalue weighted by atomic mass is 9.50. The highest BCUT2D eigenvalue weighted by Crippen LogP contribution is 2.66. The molecular formula is C33H64. The van der Waals surface area contributed by atoms with Gasteiger partial charge in [0.25, 0.3) is 0 Å². The zero-order chi connectivity index (χ0) is 24.1. The lowest BCUT2D eigenvalue weighted by Gasteiger charge is -2.55. The summed E-state index contributed by atoms with van der Waals surface area (Å²) in [5, 5.41) is 0. The van der Waals surface area contributed by atoms with Crippen molar-refractivity contribution in [3.63, 3.8) is 0 Å². The van der Waals surface area contributed by atoms with Gasteiger partial charge >= 0.3 is 0 Å². The first-order valence-electron chi connectivity index (χ1n) is 15.0. The molecule has 0 N–H and O–H groups in total. The molecule has 0 saturated heterocycles. The fourth-order valence-electron chi connectivity index (χ4n) is 8.70. The van der Waals surface area contributed by atoms with Crippen molar-refractivity contribution in [3.8, 4) is 0 Å². The summed E-state index contributed by atoms with van der Waals surface area (Å²) in [5.74, 6) is 5.68. The van der Waals surface area contributed by atoms with E-state index in [0.717, 1.165) is 35.5 Å². The van der Waals surface area contributed by atoms with E-state index in [2.05, 4.69) is 41.5 Å². The number of hydrogen-bond acceptors (Lipinski definition) is 0. The van der Waals surface area contributed by atoms with Crippen molar-refractivity contribution in [2.45, 2.75) is 154 Å². The van der Waals surface area contributed by atoms with Gasteiger partial charge in [-0.25, -0.2) is 0 Å². The van der Waals surface area contributed by atoms with Gasteiger partial charge < -0.3 is 0 Å². The Morgan fingerprint density at radius 2 is 1.52 bits per heavy atom. The zero-order valence-electron chi connectivity index (χ0n) is 23.9. The van der Waals surface area contributed by atoms with Gasteiger partial charge in [-0.05, 0) is 104 Å². The fraction of sp³-hybridized carbons (Fsp3) is 0.939. The van der Waals surface area contributed by atoms with E-state index in [0.29, 0.717) is 10.8 Å². The Morgan fingerprint density at radius 3 is 2.15 bits per heavy atom.